The number of pyridine rings is 2. The lowest BCUT2D eigenvalue weighted by Crippen LogP contribution is -2.28. The third kappa shape index (κ3) is 5.13. The molecular weight excluding hydrogens is 472 g/mol. The monoisotopic (exact) mass is 502 g/mol. The van der Waals surface area contributed by atoms with Crippen molar-refractivity contribution in [3.05, 3.63) is 65.1 Å². The van der Waals surface area contributed by atoms with E-state index in [1.165, 1.54) is 5.56 Å². The van der Waals surface area contributed by atoms with Crippen LogP contribution in [0.5, 0.6) is 0 Å². The molecule has 3 aromatic heterocycles. The summed E-state index contributed by atoms with van der Waals surface area (Å²) in [6, 6.07) is 13.9. The minimum atomic E-state index is 0.148. The molecule has 4 aromatic rings. The number of hydrogen-bond acceptors (Lipinski definition) is 7. The Morgan fingerprint density at radius 1 is 1.11 bits per heavy atom. The lowest BCUT2D eigenvalue weighted by atomic mass is 9.78. The van der Waals surface area contributed by atoms with E-state index in [0.29, 0.717) is 52.8 Å². The van der Waals surface area contributed by atoms with Gasteiger partial charge in [-0.2, -0.15) is 0 Å². The standard InChI is InChI=1S/C28H31ClN6O/c1-17(2)15-36-16-24-34-26(32-18-7-9-20-23(14-18)30-13-11-28(20,3)4)19-8-10-22(33-27(19)35-24)25-21(29)6-5-12-31-25/h5-10,12,14,17,30H,11,13,15-16H2,1-4H3,(H,32,33,34,35). The predicted molar refractivity (Wildman–Crippen MR) is 146 cm³/mol. The number of nitrogens with zero attached hydrogens (tertiary/aromatic N) is 4. The molecule has 0 radical (unpaired) electrons. The van der Waals surface area contributed by atoms with Crippen LogP contribution in [0.15, 0.2) is 48.7 Å². The first-order chi connectivity index (χ1) is 17.3. The molecule has 0 aliphatic carbocycles. The maximum Gasteiger partial charge on any atom is 0.165 e. The smallest absolute Gasteiger partial charge is 0.165 e. The van der Waals surface area contributed by atoms with Gasteiger partial charge in [0.05, 0.1) is 16.1 Å². The number of fused-ring (bicyclic) bond motifs is 2. The highest BCUT2D eigenvalue weighted by Gasteiger charge is 2.27. The Labute approximate surface area is 216 Å². The van der Waals surface area contributed by atoms with Gasteiger partial charge in [0.1, 0.15) is 18.1 Å². The average molecular weight is 503 g/mol. The van der Waals surface area contributed by atoms with Gasteiger partial charge in [-0.05, 0) is 59.7 Å². The van der Waals surface area contributed by atoms with Crippen LogP contribution in [0, 0.1) is 5.92 Å². The summed E-state index contributed by atoms with van der Waals surface area (Å²) in [5.74, 6) is 1.68. The molecule has 1 aliphatic rings. The summed E-state index contributed by atoms with van der Waals surface area (Å²) < 4.78 is 5.84. The normalized spacial score (nSPS) is 14.5. The predicted octanol–water partition coefficient (Wildman–Crippen LogP) is 6.75. The number of halogens is 1. The summed E-state index contributed by atoms with van der Waals surface area (Å²) in [7, 11) is 0. The Morgan fingerprint density at radius 3 is 2.78 bits per heavy atom. The summed E-state index contributed by atoms with van der Waals surface area (Å²) in [6.45, 7) is 10.7. The van der Waals surface area contributed by atoms with E-state index in [-0.39, 0.29) is 5.41 Å². The van der Waals surface area contributed by atoms with Gasteiger partial charge in [0.25, 0.3) is 0 Å². The van der Waals surface area contributed by atoms with Crippen LogP contribution in [-0.4, -0.2) is 33.1 Å². The molecule has 36 heavy (non-hydrogen) atoms. The molecule has 5 rings (SSSR count). The van der Waals surface area contributed by atoms with E-state index < -0.39 is 0 Å². The summed E-state index contributed by atoms with van der Waals surface area (Å²) in [6.07, 6.45) is 2.81. The molecule has 7 nitrogen and oxygen atoms in total. The van der Waals surface area contributed by atoms with Crippen molar-refractivity contribution in [1.82, 2.24) is 19.9 Å². The van der Waals surface area contributed by atoms with Gasteiger partial charge in [0.2, 0.25) is 0 Å². The van der Waals surface area contributed by atoms with Gasteiger partial charge in [-0.15, -0.1) is 0 Å². The van der Waals surface area contributed by atoms with Crippen LogP contribution in [0.4, 0.5) is 17.2 Å². The lowest BCUT2D eigenvalue weighted by molar-refractivity contribution is 0.0925. The minimum Gasteiger partial charge on any atom is -0.385 e. The Kier molecular flexibility index (Phi) is 6.77. The molecular formula is C28H31ClN6O. The topological polar surface area (TPSA) is 84.9 Å². The summed E-state index contributed by atoms with van der Waals surface area (Å²) in [5.41, 5.74) is 5.42. The maximum atomic E-state index is 6.38. The average Bonchev–Trinajstić information content (AvgIpc) is 2.83. The molecule has 8 heteroatoms. The molecule has 186 valence electrons. The quantitative estimate of drug-likeness (QED) is 0.289. The van der Waals surface area contributed by atoms with Gasteiger partial charge in [-0.25, -0.2) is 15.0 Å². The Hall–Kier alpha value is -3.29. The van der Waals surface area contributed by atoms with Crippen LogP contribution < -0.4 is 10.6 Å². The molecule has 4 heterocycles. The fraction of sp³-hybridized carbons (Fsp3) is 0.357. The van der Waals surface area contributed by atoms with Crippen LogP contribution in [0.2, 0.25) is 5.02 Å². The number of ether oxygens (including phenoxy) is 1. The zero-order valence-corrected chi connectivity index (χ0v) is 21.9. The van der Waals surface area contributed by atoms with Gasteiger partial charge in [0.15, 0.2) is 11.5 Å². The molecule has 0 saturated carbocycles. The van der Waals surface area contributed by atoms with Crippen molar-refractivity contribution in [2.24, 2.45) is 5.92 Å². The van der Waals surface area contributed by atoms with Gasteiger partial charge in [-0.1, -0.05) is 45.4 Å². The molecule has 0 spiro atoms. The van der Waals surface area contributed by atoms with E-state index >= 15 is 0 Å². The van der Waals surface area contributed by atoms with Gasteiger partial charge in [0, 0.05) is 30.7 Å². The number of aromatic nitrogens is 4. The molecule has 1 aromatic carbocycles. The fourth-order valence-electron chi connectivity index (χ4n) is 4.45. The highest BCUT2D eigenvalue weighted by Crippen LogP contribution is 2.38. The van der Waals surface area contributed by atoms with Gasteiger partial charge in [-0.3, -0.25) is 4.98 Å². The van der Waals surface area contributed by atoms with Crippen molar-refractivity contribution in [3.8, 4) is 11.4 Å². The van der Waals surface area contributed by atoms with Crippen molar-refractivity contribution >= 4 is 39.8 Å². The van der Waals surface area contributed by atoms with Crippen LogP contribution in [0.3, 0.4) is 0 Å². The third-order valence-electron chi connectivity index (χ3n) is 6.37. The largest absolute Gasteiger partial charge is 0.385 e. The lowest BCUT2D eigenvalue weighted by Gasteiger charge is -2.33. The summed E-state index contributed by atoms with van der Waals surface area (Å²) in [4.78, 5) is 18.7. The Balaban J connectivity index is 1.54. The number of anilines is 3. The summed E-state index contributed by atoms with van der Waals surface area (Å²) in [5, 5.41) is 8.40. The molecule has 1 aliphatic heterocycles. The zero-order valence-electron chi connectivity index (χ0n) is 21.1. The molecule has 2 N–H and O–H groups in total. The third-order valence-corrected chi connectivity index (χ3v) is 6.67. The Bertz CT molecular complexity index is 1400. The van der Waals surface area contributed by atoms with Crippen molar-refractivity contribution in [3.63, 3.8) is 0 Å². The van der Waals surface area contributed by atoms with E-state index in [2.05, 4.69) is 61.5 Å². The molecule has 0 unspecified atom stereocenters. The van der Waals surface area contributed by atoms with Crippen LogP contribution >= 0.6 is 11.6 Å². The highest BCUT2D eigenvalue weighted by atomic mass is 35.5. The Morgan fingerprint density at radius 2 is 1.97 bits per heavy atom. The van der Waals surface area contributed by atoms with Crippen molar-refractivity contribution in [1.29, 1.82) is 0 Å². The zero-order chi connectivity index (χ0) is 25.3. The number of benzene rings is 1. The van der Waals surface area contributed by atoms with E-state index in [1.54, 1.807) is 18.3 Å². The van der Waals surface area contributed by atoms with Crippen LogP contribution in [-0.2, 0) is 16.8 Å². The second kappa shape index (κ2) is 9.99. The first kappa shape index (κ1) is 24.4. The maximum absolute atomic E-state index is 6.38. The number of nitrogens with one attached hydrogen (secondary N) is 2. The van der Waals surface area contributed by atoms with E-state index in [0.717, 1.165) is 29.7 Å². The molecule has 0 bridgehead atoms. The second-order valence-corrected chi connectivity index (χ2v) is 10.7. The van der Waals surface area contributed by atoms with Gasteiger partial charge < -0.3 is 15.4 Å². The van der Waals surface area contributed by atoms with E-state index in [9.17, 15) is 0 Å². The van der Waals surface area contributed by atoms with Crippen LogP contribution in [0.1, 0.15) is 45.5 Å². The van der Waals surface area contributed by atoms with Gasteiger partial charge >= 0.3 is 0 Å². The molecule has 0 amide bonds. The van der Waals surface area contributed by atoms with Crippen molar-refractivity contribution in [2.75, 3.05) is 23.8 Å². The van der Waals surface area contributed by atoms with Crippen molar-refractivity contribution < 1.29 is 4.74 Å². The summed E-state index contributed by atoms with van der Waals surface area (Å²) >= 11 is 6.38. The molecule has 0 saturated heterocycles. The number of rotatable bonds is 7. The van der Waals surface area contributed by atoms with Crippen LogP contribution in [0.25, 0.3) is 22.4 Å². The first-order valence-electron chi connectivity index (χ1n) is 12.3. The molecule has 0 atom stereocenters. The van der Waals surface area contributed by atoms with Crippen molar-refractivity contribution in [2.45, 2.75) is 46.1 Å². The fourth-order valence-corrected chi connectivity index (χ4v) is 4.66. The highest BCUT2D eigenvalue weighted by molar-refractivity contribution is 6.32. The SMILES string of the molecule is CC(C)COCc1nc(Nc2ccc3c(c2)NCCC3(C)C)c2ccc(-c3ncccc3Cl)nc2n1. The number of hydrogen-bond donors (Lipinski definition) is 2. The van der Waals surface area contributed by atoms with E-state index in [1.807, 2.05) is 12.1 Å². The first-order valence-corrected chi connectivity index (χ1v) is 12.7. The molecule has 0 fully saturated rings. The van der Waals surface area contributed by atoms with E-state index in [4.69, 9.17) is 31.3 Å². The second-order valence-electron chi connectivity index (χ2n) is 10.2. The minimum absolute atomic E-state index is 0.148.